The van der Waals surface area contributed by atoms with Crippen LogP contribution in [0.5, 0.6) is 0 Å². The Labute approximate surface area is 108 Å². The number of hydrogen-bond acceptors (Lipinski definition) is 5. The van der Waals surface area contributed by atoms with Gasteiger partial charge in [0.25, 0.3) is 0 Å². The SMILES string of the molecule is CN(C)CCCC(N)(C(=O)O)C(=O)OC(C)(C)C. The number of aliphatic carboxylic acids is 1. The fourth-order valence-electron chi connectivity index (χ4n) is 1.34. The van der Waals surface area contributed by atoms with E-state index in [4.69, 9.17) is 15.6 Å². The van der Waals surface area contributed by atoms with Crippen molar-refractivity contribution in [3.05, 3.63) is 0 Å². The molecule has 1 atom stereocenters. The van der Waals surface area contributed by atoms with Crippen molar-refractivity contribution in [1.82, 2.24) is 4.90 Å². The number of carbonyl (C=O) groups excluding carboxylic acids is 1. The lowest BCUT2D eigenvalue weighted by Gasteiger charge is -2.28. The first-order valence-corrected chi connectivity index (χ1v) is 5.89. The molecule has 0 aliphatic rings. The zero-order valence-electron chi connectivity index (χ0n) is 11.8. The van der Waals surface area contributed by atoms with Crippen LogP contribution < -0.4 is 5.73 Å². The summed E-state index contributed by atoms with van der Waals surface area (Å²) < 4.78 is 5.06. The van der Waals surface area contributed by atoms with Crippen LogP contribution in [0.3, 0.4) is 0 Å². The van der Waals surface area contributed by atoms with Gasteiger partial charge in [-0.1, -0.05) is 0 Å². The molecule has 0 amide bonds. The molecule has 0 spiro atoms. The standard InChI is InChI=1S/C12H24N2O4/c1-11(2,3)18-10(17)12(13,9(15)16)7-6-8-14(4)5/h6-8,13H2,1-5H3,(H,15,16). The minimum Gasteiger partial charge on any atom is -0.479 e. The van der Waals surface area contributed by atoms with Gasteiger partial charge < -0.3 is 20.5 Å². The number of hydrogen-bond donors (Lipinski definition) is 2. The van der Waals surface area contributed by atoms with E-state index in [-0.39, 0.29) is 6.42 Å². The molecule has 6 heteroatoms. The van der Waals surface area contributed by atoms with Gasteiger partial charge in [-0.05, 0) is 54.3 Å². The Morgan fingerprint density at radius 2 is 1.78 bits per heavy atom. The highest BCUT2D eigenvalue weighted by Gasteiger charge is 2.44. The molecule has 0 fully saturated rings. The van der Waals surface area contributed by atoms with E-state index < -0.39 is 23.1 Å². The second-order valence-electron chi connectivity index (χ2n) is 5.69. The number of rotatable bonds is 6. The van der Waals surface area contributed by atoms with Crippen LogP contribution in [0.25, 0.3) is 0 Å². The third kappa shape index (κ3) is 5.46. The van der Waals surface area contributed by atoms with Gasteiger partial charge in [-0.2, -0.15) is 0 Å². The van der Waals surface area contributed by atoms with E-state index in [1.54, 1.807) is 20.8 Å². The quantitative estimate of drug-likeness (QED) is 0.532. The Balaban J connectivity index is 4.71. The van der Waals surface area contributed by atoms with Gasteiger partial charge in [-0.15, -0.1) is 0 Å². The number of carboxylic acids is 1. The number of nitrogens with zero attached hydrogens (tertiary/aromatic N) is 1. The van der Waals surface area contributed by atoms with E-state index in [0.717, 1.165) is 0 Å². The Morgan fingerprint density at radius 1 is 1.28 bits per heavy atom. The highest BCUT2D eigenvalue weighted by atomic mass is 16.6. The second kappa shape index (κ2) is 6.15. The normalized spacial score (nSPS) is 15.3. The summed E-state index contributed by atoms with van der Waals surface area (Å²) in [7, 11) is 3.73. The Bertz CT molecular complexity index is 310. The third-order valence-electron chi connectivity index (χ3n) is 2.32. The Kier molecular flexibility index (Phi) is 5.76. The van der Waals surface area contributed by atoms with Crippen LogP contribution in [-0.4, -0.2) is 53.7 Å². The summed E-state index contributed by atoms with van der Waals surface area (Å²) in [6.07, 6.45) is 0.560. The third-order valence-corrected chi connectivity index (χ3v) is 2.32. The van der Waals surface area contributed by atoms with E-state index in [9.17, 15) is 9.59 Å². The fraction of sp³-hybridized carbons (Fsp3) is 0.833. The highest BCUT2D eigenvalue weighted by molar-refractivity contribution is 6.03. The zero-order valence-corrected chi connectivity index (χ0v) is 11.8. The largest absolute Gasteiger partial charge is 0.479 e. The van der Waals surface area contributed by atoms with Gasteiger partial charge in [0.05, 0.1) is 0 Å². The van der Waals surface area contributed by atoms with Crippen molar-refractivity contribution in [1.29, 1.82) is 0 Å². The van der Waals surface area contributed by atoms with E-state index in [1.165, 1.54) is 0 Å². The molecule has 0 bridgehead atoms. The van der Waals surface area contributed by atoms with Crippen LogP contribution in [0, 0.1) is 0 Å². The topological polar surface area (TPSA) is 92.9 Å². The summed E-state index contributed by atoms with van der Waals surface area (Å²) in [5, 5.41) is 9.13. The van der Waals surface area contributed by atoms with E-state index in [0.29, 0.717) is 13.0 Å². The number of nitrogens with two attached hydrogens (primary N) is 1. The minimum absolute atomic E-state index is 0.0510. The van der Waals surface area contributed by atoms with Crippen molar-refractivity contribution in [2.45, 2.75) is 44.8 Å². The van der Waals surface area contributed by atoms with Crippen molar-refractivity contribution < 1.29 is 19.4 Å². The summed E-state index contributed by atoms with van der Waals surface area (Å²) in [6, 6.07) is 0. The maximum atomic E-state index is 11.9. The molecule has 0 aliphatic heterocycles. The molecular weight excluding hydrogens is 236 g/mol. The van der Waals surface area contributed by atoms with Gasteiger partial charge in [-0.25, -0.2) is 9.59 Å². The van der Waals surface area contributed by atoms with Crippen molar-refractivity contribution >= 4 is 11.9 Å². The minimum atomic E-state index is -1.97. The molecule has 18 heavy (non-hydrogen) atoms. The molecule has 0 aromatic carbocycles. The van der Waals surface area contributed by atoms with Crippen LogP contribution in [0.2, 0.25) is 0 Å². The average molecular weight is 260 g/mol. The van der Waals surface area contributed by atoms with E-state index in [1.807, 2.05) is 19.0 Å². The van der Waals surface area contributed by atoms with Gasteiger partial charge in [-0.3, -0.25) is 0 Å². The van der Waals surface area contributed by atoms with E-state index in [2.05, 4.69) is 0 Å². The predicted octanol–water partition coefficient (Wildman–Crippen LogP) is 0.452. The molecule has 0 saturated heterocycles. The number of carboxylic acid groups (broad SMARTS) is 1. The number of ether oxygens (including phenoxy) is 1. The lowest BCUT2D eigenvalue weighted by molar-refractivity contribution is -0.169. The molecule has 0 aromatic heterocycles. The summed E-state index contributed by atoms with van der Waals surface area (Å²) in [5.74, 6) is -2.24. The molecule has 1 unspecified atom stereocenters. The number of esters is 1. The summed E-state index contributed by atoms with van der Waals surface area (Å²) in [6.45, 7) is 5.68. The molecule has 0 heterocycles. The molecule has 0 radical (unpaired) electrons. The second-order valence-corrected chi connectivity index (χ2v) is 5.69. The molecule has 0 rings (SSSR count). The van der Waals surface area contributed by atoms with Crippen LogP contribution in [0.1, 0.15) is 33.6 Å². The van der Waals surface area contributed by atoms with Gasteiger partial charge in [0.15, 0.2) is 0 Å². The molecular formula is C12H24N2O4. The van der Waals surface area contributed by atoms with Gasteiger partial charge in [0, 0.05) is 0 Å². The van der Waals surface area contributed by atoms with Crippen LogP contribution >= 0.6 is 0 Å². The number of carbonyl (C=O) groups is 2. The maximum absolute atomic E-state index is 11.9. The molecule has 6 nitrogen and oxygen atoms in total. The summed E-state index contributed by atoms with van der Waals surface area (Å²) in [5.41, 5.74) is 2.96. The molecule has 3 N–H and O–H groups in total. The van der Waals surface area contributed by atoms with Crippen LogP contribution in [0.15, 0.2) is 0 Å². The zero-order chi connectivity index (χ0) is 14.6. The Hall–Kier alpha value is -1.14. The van der Waals surface area contributed by atoms with Crippen molar-refractivity contribution in [3.8, 4) is 0 Å². The smallest absolute Gasteiger partial charge is 0.338 e. The van der Waals surface area contributed by atoms with Gasteiger partial charge in [0.1, 0.15) is 5.60 Å². The fourth-order valence-corrected chi connectivity index (χ4v) is 1.34. The summed E-state index contributed by atoms with van der Waals surface area (Å²) >= 11 is 0. The average Bonchev–Trinajstić information content (AvgIpc) is 2.13. The molecule has 0 aromatic rings. The first-order chi connectivity index (χ1) is 7.99. The first-order valence-electron chi connectivity index (χ1n) is 5.89. The van der Waals surface area contributed by atoms with Gasteiger partial charge >= 0.3 is 11.9 Å². The maximum Gasteiger partial charge on any atom is 0.338 e. The lowest BCUT2D eigenvalue weighted by atomic mass is 9.94. The first kappa shape index (κ1) is 16.9. The monoisotopic (exact) mass is 260 g/mol. The van der Waals surface area contributed by atoms with Crippen LogP contribution in [-0.2, 0) is 14.3 Å². The lowest BCUT2D eigenvalue weighted by Crippen LogP contribution is -2.57. The van der Waals surface area contributed by atoms with E-state index >= 15 is 0 Å². The highest BCUT2D eigenvalue weighted by Crippen LogP contribution is 2.17. The molecule has 0 aliphatic carbocycles. The van der Waals surface area contributed by atoms with Crippen LogP contribution in [0.4, 0.5) is 0 Å². The van der Waals surface area contributed by atoms with Crippen molar-refractivity contribution in [2.24, 2.45) is 5.73 Å². The Morgan fingerprint density at radius 3 is 2.11 bits per heavy atom. The van der Waals surface area contributed by atoms with Crippen molar-refractivity contribution in [2.75, 3.05) is 20.6 Å². The van der Waals surface area contributed by atoms with Gasteiger partial charge in [0.2, 0.25) is 5.54 Å². The predicted molar refractivity (Wildman–Crippen MR) is 68.2 cm³/mol. The molecule has 0 saturated carbocycles. The summed E-state index contributed by atoms with van der Waals surface area (Å²) in [4.78, 5) is 24.9. The van der Waals surface area contributed by atoms with Crippen molar-refractivity contribution in [3.63, 3.8) is 0 Å². The molecule has 106 valence electrons.